The number of phenols is 1. The number of halogens is 3. The summed E-state index contributed by atoms with van der Waals surface area (Å²) in [5.41, 5.74) is 1.25. The SMILES string of the molecule is C[C@@H]1C2Cc3cc(C#N)c(O)cc3C1(C)CCN2C(=O)C(F)(F)F. The van der Waals surface area contributed by atoms with Crippen LogP contribution in [0.4, 0.5) is 13.2 Å². The van der Waals surface area contributed by atoms with Crippen LogP contribution >= 0.6 is 0 Å². The van der Waals surface area contributed by atoms with Gasteiger partial charge in [0.25, 0.3) is 0 Å². The van der Waals surface area contributed by atoms with Crippen molar-refractivity contribution in [2.45, 2.75) is 44.3 Å². The molecule has 7 heteroatoms. The van der Waals surface area contributed by atoms with Crippen LogP contribution in [0.15, 0.2) is 12.1 Å². The lowest BCUT2D eigenvalue weighted by Crippen LogP contribution is -2.61. The first kappa shape index (κ1) is 16.6. The molecule has 1 saturated heterocycles. The van der Waals surface area contributed by atoms with E-state index >= 15 is 0 Å². The van der Waals surface area contributed by atoms with Gasteiger partial charge in [-0.05, 0) is 47.4 Å². The number of benzene rings is 1. The van der Waals surface area contributed by atoms with Gasteiger partial charge in [-0.1, -0.05) is 13.8 Å². The summed E-state index contributed by atoms with van der Waals surface area (Å²) in [6.07, 6.45) is -4.26. The molecule has 2 aliphatic rings. The molecule has 1 aromatic carbocycles. The Kier molecular flexibility index (Phi) is 3.55. The fourth-order valence-electron chi connectivity index (χ4n) is 4.17. The first-order valence-corrected chi connectivity index (χ1v) is 7.74. The van der Waals surface area contributed by atoms with E-state index in [9.17, 15) is 23.1 Å². The minimum atomic E-state index is -4.89. The second kappa shape index (κ2) is 5.13. The molecule has 3 rings (SSSR count). The number of piperidine rings is 1. The Bertz CT molecular complexity index is 753. The van der Waals surface area contributed by atoms with Crippen LogP contribution in [0, 0.1) is 17.2 Å². The summed E-state index contributed by atoms with van der Waals surface area (Å²) >= 11 is 0. The normalized spacial score (nSPS) is 28.9. The second-order valence-electron chi connectivity index (χ2n) is 6.86. The molecule has 1 N–H and O–H groups in total. The second-order valence-corrected chi connectivity index (χ2v) is 6.86. The standard InChI is InChI=1S/C17H17F3N2O2/c1-9-13-6-10-5-11(8-21)14(23)7-12(10)16(9,2)3-4-22(13)15(24)17(18,19)20/h5,7,9,13,23H,3-4,6H2,1-2H3/t9-,13?,16?/m1/s1. The molecule has 4 nitrogen and oxygen atoms in total. The van der Waals surface area contributed by atoms with Crippen LogP contribution < -0.4 is 0 Å². The largest absolute Gasteiger partial charge is 0.507 e. The van der Waals surface area contributed by atoms with E-state index in [4.69, 9.17) is 5.26 Å². The molecule has 24 heavy (non-hydrogen) atoms. The summed E-state index contributed by atoms with van der Waals surface area (Å²) in [5, 5.41) is 19.0. The Morgan fingerprint density at radius 1 is 1.46 bits per heavy atom. The van der Waals surface area contributed by atoms with Gasteiger partial charge in [-0.25, -0.2) is 0 Å². The van der Waals surface area contributed by atoms with E-state index in [1.807, 2.05) is 19.9 Å². The molecule has 2 bridgehead atoms. The number of phenolic OH excluding ortho intramolecular Hbond substituents is 1. The molecule has 128 valence electrons. The maximum absolute atomic E-state index is 12.9. The van der Waals surface area contributed by atoms with Crippen molar-refractivity contribution in [3.05, 3.63) is 28.8 Å². The van der Waals surface area contributed by atoms with E-state index in [0.29, 0.717) is 6.42 Å². The number of hydrogen-bond donors (Lipinski definition) is 1. The van der Waals surface area contributed by atoms with E-state index in [0.717, 1.165) is 16.0 Å². The van der Waals surface area contributed by atoms with Gasteiger partial charge in [0.15, 0.2) is 0 Å². The fourth-order valence-corrected chi connectivity index (χ4v) is 4.17. The lowest BCUT2D eigenvalue weighted by Gasteiger charge is -2.54. The Hall–Kier alpha value is -2.23. The van der Waals surface area contributed by atoms with Gasteiger partial charge in [-0.3, -0.25) is 4.79 Å². The minimum Gasteiger partial charge on any atom is -0.507 e. The lowest BCUT2D eigenvalue weighted by atomic mass is 9.59. The molecule has 3 atom stereocenters. The van der Waals surface area contributed by atoms with Gasteiger partial charge in [0.2, 0.25) is 0 Å². The number of hydrogen-bond acceptors (Lipinski definition) is 3. The molecule has 1 aliphatic carbocycles. The van der Waals surface area contributed by atoms with Gasteiger partial charge in [0.05, 0.1) is 5.56 Å². The predicted octanol–water partition coefficient (Wildman–Crippen LogP) is 2.88. The van der Waals surface area contributed by atoms with Crippen molar-refractivity contribution < 1.29 is 23.1 Å². The first-order valence-electron chi connectivity index (χ1n) is 7.74. The lowest BCUT2D eigenvalue weighted by molar-refractivity contribution is -0.192. The van der Waals surface area contributed by atoms with Gasteiger partial charge in [-0.2, -0.15) is 18.4 Å². The highest BCUT2D eigenvalue weighted by atomic mass is 19.4. The number of amides is 1. The van der Waals surface area contributed by atoms with Crippen LogP contribution in [0.25, 0.3) is 0 Å². The van der Waals surface area contributed by atoms with Crippen molar-refractivity contribution in [1.29, 1.82) is 5.26 Å². The van der Waals surface area contributed by atoms with Crippen LogP contribution in [-0.2, 0) is 16.6 Å². The van der Waals surface area contributed by atoms with E-state index in [1.165, 1.54) is 6.07 Å². The van der Waals surface area contributed by atoms with Crippen LogP contribution in [0.3, 0.4) is 0 Å². The van der Waals surface area contributed by atoms with Crippen molar-refractivity contribution >= 4 is 5.91 Å². The molecule has 1 heterocycles. The van der Waals surface area contributed by atoms with Gasteiger partial charge >= 0.3 is 12.1 Å². The fraction of sp³-hybridized carbons (Fsp3) is 0.529. The molecule has 0 saturated carbocycles. The van der Waals surface area contributed by atoms with E-state index in [2.05, 4.69) is 0 Å². The highest BCUT2D eigenvalue weighted by Crippen LogP contribution is 2.50. The summed E-state index contributed by atoms with van der Waals surface area (Å²) in [5.74, 6) is -2.10. The number of likely N-dealkylation sites (tertiary alicyclic amines) is 1. The number of carbonyl (C=O) groups is 1. The van der Waals surface area contributed by atoms with E-state index in [1.54, 1.807) is 6.07 Å². The Balaban J connectivity index is 2.08. The van der Waals surface area contributed by atoms with Crippen molar-refractivity contribution in [2.24, 2.45) is 5.92 Å². The molecule has 1 amide bonds. The summed E-state index contributed by atoms with van der Waals surface area (Å²) in [4.78, 5) is 12.7. The van der Waals surface area contributed by atoms with Gasteiger partial charge in [-0.15, -0.1) is 0 Å². The van der Waals surface area contributed by atoms with Crippen molar-refractivity contribution in [3.8, 4) is 11.8 Å². The molecule has 1 aromatic rings. The average Bonchev–Trinajstić information content (AvgIpc) is 2.50. The summed E-state index contributed by atoms with van der Waals surface area (Å²) in [7, 11) is 0. The average molecular weight is 338 g/mol. The molecule has 2 unspecified atom stereocenters. The van der Waals surface area contributed by atoms with Crippen molar-refractivity contribution in [1.82, 2.24) is 4.90 Å². The number of aromatic hydroxyl groups is 1. The molecular formula is C17H17F3N2O2. The summed E-state index contributed by atoms with van der Waals surface area (Å²) in [6.45, 7) is 3.83. The topological polar surface area (TPSA) is 64.3 Å². The molecular weight excluding hydrogens is 321 g/mol. The molecule has 1 aliphatic heterocycles. The summed E-state index contributed by atoms with van der Waals surface area (Å²) in [6, 6.07) is 4.40. The molecule has 0 spiro atoms. The van der Waals surface area contributed by atoms with Gasteiger partial charge in [0.1, 0.15) is 11.8 Å². The predicted molar refractivity (Wildman–Crippen MR) is 79.2 cm³/mol. The zero-order chi connectivity index (χ0) is 17.9. The molecule has 1 fully saturated rings. The van der Waals surface area contributed by atoms with Crippen LogP contribution in [-0.4, -0.2) is 34.7 Å². The van der Waals surface area contributed by atoms with Crippen molar-refractivity contribution in [3.63, 3.8) is 0 Å². The third-order valence-electron chi connectivity index (χ3n) is 5.74. The minimum absolute atomic E-state index is 0.0318. The number of fused-ring (bicyclic) bond motifs is 4. The van der Waals surface area contributed by atoms with Crippen LogP contribution in [0.2, 0.25) is 0 Å². The summed E-state index contributed by atoms with van der Waals surface area (Å²) < 4.78 is 38.6. The maximum Gasteiger partial charge on any atom is 0.471 e. The Morgan fingerprint density at radius 2 is 2.12 bits per heavy atom. The van der Waals surface area contributed by atoms with Gasteiger partial charge < -0.3 is 10.0 Å². The van der Waals surface area contributed by atoms with Gasteiger partial charge in [0, 0.05) is 12.6 Å². The highest BCUT2D eigenvalue weighted by Gasteiger charge is 2.54. The van der Waals surface area contributed by atoms with Crippen LogP contribution in [0.5, 0.6) is 5.75 Å². The zero-order valence-electron chi connectivity index (χ0n) is 13.3. The number of nitrogens with zero attached hydrogens (tertiary/aromatic N) is 2. The third kappa shape index (κ3) is 2.24. The smallest absolute Gasteiger partial charge is 0.471 e. The Morgan fingerprint density at radius 3 is 2.71 bits per heavy atom. The first-order chi connectivity index (χ1) is 11.1. The molecule has 0 aromatic heterocycles. The Labute approximate surface area is 137 Å². The number of rotatable bonds is 0. The van der Waals surface area contributed by atoms with Crippen molar-refractivity contribution in [2.75, 3.05) is 6.54 Å². The molecule has 0 radical (unpaired) electrons. The van der Waals surface area contributed by atoms with E-state index in [-0.39, 0.29) is 30.2 Å². The number of alkyl halides is 3. The number of carbonyl (C=O) groups excluding carboxylic acids is 1. The monoisotopic (exact) mass is 338 g/mol. The highest BCUT2D eigenvalue weighted by molar-refractivity contribution is 5.82. The number of nitriles is 1. The third-order valence-corrected chi connectivity index (χ3v) is 5.74. The maximum atomic E-state index is 12.9. The van der Waals surface area contributed by atoms with E-state index < -0.39 is 23.5 Å². The zero-order valence-corrected chi connectivity index (χ0v) is 13.3. The quantitative estimate of drug-likeness (QED) is 0.791. The van der Waals surface area contributed by atoms with Crippen LogP contribution in [0.1, 0.15) is 37.0 Å².